The summed E-state index contributed by atoms with van der Waals surface area (Å²) in [7, 11) is 0. The second-order valence-electron chi connectivity index (χ2n) is 7.58. The zero-order chi connectivity index (χ0) is 25.3. The Hall–Kier alpha value is -4.13. The number of hydrazone groups is 1. The summed E-state index contributed by atoms with van der Waals surface area (Å²) in [5.74, 6) is -0.118. The molecule has 0 aromatic heterocycles. The van der Waals surface area contributed by atoms with Crippen molar-refractivity contribution < 1.29 is 19.1 Å². The van der Waals surface area contributed by atoms with Gasteiger partial charge in [-0.2, -0.15) is 5.10 Å². The molecule has 0 atom stereocenters. The van der Waals surface area contributed by atoms with E-state index in [1.165, 1.54) is 12.3 Å². The van der Waals surface area contributed by atoms with Gasteiger partial charge in [-0.25, -0.2) is 10.2 Å². The number of esters is 1. The first-order valence-electron chi connectivity index (χ1n) is 10.9. The Bertz CT molecular complexity index is 1390. The van der Waals surface area contributed by atoms with E-state index in [1.807, 2.05) is 12.1 Å². The summed E-state index contributed by atoms with van der Waals surface area (Å²) in [6.45, 7) is 0.291. The molecule has 0 spiro atoms. The molecule has 180 valence electrons. The highest BCUT2D eigenvalue weighted by Gasteiger charge is 2.12. The molecule has 6 nitrogen and oxygen atoms in total. The van der Waals surface area contributed by atoms with E-state index in [0.29, 0.717) is 44.8 Å². The third kappa shape index (κ3) is 6.95. The van der Waals surface area contributed by atoms with Gasteiger partial charge in [-0.15, -0.1) is 0 Å². The van der Waals surface area contributed by atoms with Crippen molar-refractivity contribution in [2.45, 2.75) is 6.61 Å². The first-order valence-corrected chi connectivity index (χ1v) is 11.6. The molecule has 4 aromatic carbocycles. The molecule has 0 saturated heterocycles. The SMILES string of the molecule is O=C(Oc1ccc(C=NNC(=O)c2ccccc2OCc2ccc(Cl)cc2)cc1)c1cccc(Cl)c1. The van der Waals surface area contributed by atoms with Crippen LogP contribution in [-0.2, 0) is 6.61 Å². The summed E-state index contributed by atoms with van der Waals surface area (Å²) < 4.78 is 11.2. The number of carbonyl (C=O) groups is 2. The zero-order valence-corrected chi connectivity index (χ0v) is 20.4. The molecule has 8 heteroatoms. The number of rotatable bonds is 8. The van der Waals surface area contributed by atoms with Gasteiger partial charge < -0.3 is 9.47 Å². The van der Waals surface area contributed by atoms with Crippen LogP contribution in [-0.4, -0.2) is 18.1 Å². The largest absolute Gasteiger partial charge is 0.488 e. The van der Waals surface area contributed by atoms with Gasteiger partial charge in [0.25, 0.3) is 5.91 Å². The van der Waals surface area contributed by atoms with E-state index in [-0.39, 0.29) is 0 Å². The molecule has 0 aliphatic carbocycles. The van der Waals surface area contributed by atoms with Gasteiger partial charge >= 0.3 is 5.97 Å². The fraction of sp³-hybridized carbons (Fsp3) is 0.0357. The van der Waals surface area contributed by atoms with Crippen LogP contribution in [0.25, 0.3) is 0 Å². The minimum Gasteiger partial charge on any atom is -0.488 e. The van der Waals surface area contributed by atoms with Crippen molar-refractivity contribution in [3.05, 3.63) is 129 Å². The van der Waals surface area contributed by atoms with Crippen LogP contribution in [0, 0.1) is 0 Å². The van der Waals surface area contributed by atoms with E-state index < -0.39 is 11.9 Å². The van der Waals surface area contributed by atoms with Crippen LogP contribution in [0.1, 0.15) is 31.8 Å². The summed E-state index contributed by atoms with van der Waals surface area (Å²) in [5.41, 5.74) is 4.84. The highest BCUT2D eigenvalue weighted by atomic mass is 35.5. The molecular formula is C28H20Cl2N2O4. The normalized spacial score (nSPS) is 10.7. The Morgan fingerprint density at radius 2 is 1.58 bits per heavy atom. The highest BCUT2D eigenvalue weighted by molar-refractivity contribution is 6.31. The molecule has 0 saturated carbocycles. The molecular weight excluding hydrogens is 499 g/mol. The van der Waals surface area contributed by atoms with Crippen molar-refractivity contribution in [2.75, 3.05) is 0 Å². The molecule has 4 rings (SSSR count). The van der Waals surface area contributed by atoms with Gasteiger partial charge in [0.1, 0.15) is 18.1 Å². The molecule has 0 unspecified atom stereocenters. The molecule has 0 heterocycles. The van der Waals surface area contributed by atoms with Gasteiger partial charge in [0, 0.05) is 10.0 Å². The summed E-state index contributed by atoms with van der Waals surface area (Å²) in [6.07, 6.45) is 1.48. The average Bonchev–Trinajstić information content (AvgIpc) is 2.89. The predicted molar refractivity (Wildman–Crippen MR) is 140 cm³/mol. The highest BCUT2D eigenvalue weighted by Crippen LogP contribution is 2.20. The zero-order valence-electron chi connectivity index (χ0n) is 18.9. The maximum atomic E-state index is 12.7. The number of ether oxygens (including phenoxy) is 2. The maximum absolute atomic E-state index is 12.7. The third-order valence-corrected chi connectivity index (χ3v) is 5.46. The Morgan fingerprint density at radius 1 is 0.833 bits per heavy atom. The fourth-order valence-electron chi connectivity index (χ4n) is 3.15. The maximum Gasteiger partial charge on any atom is 0.343 e. The summed E-state index contributed by atoms with van der Waals surface area (Å²) in [6, 6.07) is 27.4. The summed E-state index contributed by atoms with van der Waals surface area (Å²) in [5, 5.41) is 5.11. The molecule has 0 bridgehead atoms. The molecule has 0 aliphatic rings. The molecule has 4 aromatic rings. The fourth-order valence-corrected chi connectivity index (χ4v) is 3.47. The van der Waals surface area contributed by atoms with Gasteiger partial charge in [-0.3, -0.25) is 4.79 Å². The van der Waals surface area contributed by atoms with Gasteiger partial charge in [-0.05, 0) is 77.9 Å². The molecule has 1 amide bonds. The van der Waals surface area contributed by atoms with Crippen LogP contribution >= 0.6 is 23.2 Å². The lowest BCUT2D eigenvalue weighted by Crippen LogP contribution is -2.18. The van der Waals surface area contributed by atoms with E-state index >= 15 is 0 Å². The Balaban J connectivity index is 1.33. The van der Waals surface area contributed by atoms with E-state index in [2.05, 4.69) is 10.5 Å². The van der Waals surface area contributed by atoms with Crippen molar-refractivity contribution in [3.8, 4) is 11.5 Å². The van der Waals surface area contributed by atoms with E-state index in [0.717, 1.165) is 5.56 Å². The molecule has 0 radical (unpaired) electrons. The van der Waals surface area contributed by atoms with Crippen molar-refractivity contribution in [1.29, 1.82) is 0 Å². The number of hydrogen-bond acceptors (Lipinski definition) is 5. The number of amides is 1. The van der Waals surface area contributed by atoms with Crippen LogP contribution in [0.2, 0.25) is 10.0 Å². The van der Waals surface area contributed by atoms with Gasteiger partial charge in [0.15, 0.2) is 0 Å². The van der Waals surface area contributed by atoms with Crippen LogP contribution in [0.5, 0.6) is 11.5 Å². The van der Waals surface area contributed by atoms with Crippen molar-refractivity contribution >= 4 is 41.3 Å². The van der Waals surface area contributed by atoms with Gasteiger partial charge in [-0.1, -0.05) is 53.5 Å². The average molecular weight is 519 g/mol. The van der Waals surface area contributed by atoms with Crippen molar-refractivity contribution in [2.24, 2.45) is 5.10 Å². The number of nitrogens with zero attached hydrogens (tertiary/aromatic N) is 1. The van der Waals surface area contributed by atoms with Crippen molar-refractivity contribution in [3.63, 3.8) is 0 Å². The number of para-hydroxylation sites is 1. The molecule has 0 aliphatic heterocycles. The Kier molecular flexibility index (Phi) is 8.34. The van der Waals surface area contributed by atoms with E-state index in [4.69, 9.17) is 32.7 Å². The topological polar surface area (TPSA) is 77.0 Å². The first-order chi connectivity index (χ1) is 17.5. The lowest BCUT2D eigenvalue weighted by molar-refractivity contribution is 0.0734. The Morgan fingerprint density at radius 3 is 2.33 bits per heavy atom. The number of benzene rings is 4. The lowest BCUT2D eigenvalue weighted by atomic mass is 10.2. The lowest BCUT2D eigenvalue weighted by Gasteiger charge is -2.10. The van der Waals surface area contributed by atoms with Gasteiger partial charge in [0.2, 0.25) is 0 Å². The van der Waals surface area contributed by atoms with Gasteiger partial charge in [0.05, 0.1) is 17.3 Å². The van der Waals surface area contributed by atoms with Crippen LogP contribution < -0.4 is 14.9 Å². The molecule has 0 fully saturated rings. The van der Waals surface area contributed by atoms with Crippen LogP contribution in [0.15, 0.2) is 102 Å². The minimum atomic E-state index is -0.511. The smallest absolute Gasteiger partial charge is 0.343 e. The second kappa shape index (κ2) is 12.0. The molecule has 36 heavy (non-hydrogen) atoms. The second-order valence-corrected chi connectivity index (χ2v) is 8.45. The minimum absolute atomic E-state index is 0.291. The number of nitrogens with one attached hydrogen (secondary N) is 1. The predicted octanol–water partition coefficient (Wildman–Crippen LogP) is 6.56. The number of carbonyl (C=O) groups excluding carboxylic acids is 2. The van der Waals surface area contributed by atoms with E-state index in [1.54, 1.807) is 78.9 Å². The Labute approximate surface area is 218 Å². The quantitative estimate of drug-likeness (QED) is 0.124. The summed E-state index contributed by atoms with van der Waals surface area (Å²) >= 11 is 11.8. The number of hydrogen-bond donors (Lipinski definition) is 1. The van der Waals surface area contributed by atoms with Crippen LogP contribution in [0.3, 0.4) is 0 Å². The first kappa shape index (κ1) is 25.0. The van der Waals surface area contributed by atoms with Crippen molar-refractivity contribution in [1.82, 2.24) is 5.43 Å². The van der Waals surface area contributed by atoms with Crippen LogP contribution in [0.4, 0.5) is 0 Å². The monoisotopic (exact) mass is 518 g/mol. The van der Waals surface area contributed by atoms with E-state index in [9.17, 15) is 9.59 Å². The third-order valence-electron chi connectivity index (χ3n) is 4.97. The number of halogens is 2. The molecule has 1 N–H and O–H groups in total. The standard InChI is InChI=1S/C28H20Cl2N2O4/c29-22-12-8-20(9-13-22)18-35-26-7-2-1-6-25(26)27(33)32-31-17-19-10-14-24(15-11-19)36-28(34)21-4-3-5-23(30)16-21/h1-17H,18H2,(H,32,33). The summed E-state index contributed by atoms with van der Waals surface area (Å²) in [4.78, 5) is 24.9.